The minimum Gasteiger partial charge on any atom is -0.457 e. The average molecular weight is 228 g/mol. The van der Waals surface area contributed by atoms with Gasteiger partial charge < -0.3 is 14.6 Å². The Bertz CT molecular complexity index is 301. The second-order valence-corrected chi connectivity index (χ2v) is 5.42. The summed E-state index contributed by atoms with van der Waals surface area (Å²) in [6.45, 7) is 5.58. The molecule has 0 saturated carbocycles. The number of aliphatic hydroxyl groups is 1. The molecule has 0 unspecified atom stereocenters. The first-order valence-electron chi connectivity index (χ1n) is 5.93. The van der Waals surface area contributed by atoms with E-state index in [-0.39, 0.29) is 12.1 Å². The average Bonchev–Trinajstić information content (AvgIpc) is 2.73. The summed E-state index contributed by atoms with van der Waals surface area (Å²) in [6.07, 6.45) is 2.25. The van der Waals surface area contributed by atoms with E-state index in [0.717, 1.165) is 12.8 Å². The Morgan fingerprint density at radius 2 is 2.12 bits per heavy atom. The monoisotopic (exact) mass is 228 g/mol. The lowest BCUT2D eigenvalue weighted by molar-refractivity contribution is -0.174. The fraction of sp³-hybridized carbons (Fsp3) is 0.917. The lowest BCUT2D eigenvalue weighted by Gasteiger charge is -2.33. The van der Waals surface area contributed by atoms with Crippen molar-refractivity contribution in [3.8, 4) is 0 Å². The third kappa shape index (κ3) is 1.84. The molecule has 0 aliphatic carbocycles. The van der Waals surface area contributed by atoms with Gasteiger partial charge in [-0.1, -0.05) is 0 Å². The van der Waals surface area contributed by atoms with Gasteiger partial charge in [-0.15, -0.1) is 0 Å². The Morgan fingerprint density at radius 3 is 2.56 bits per heavy atom. The van der Waals surface area contributed by atoms with Crippen molar-refractivity contribution < 1.29 is 19.4 Å². The van der Waals surface area contributed by atoms with E-state index in [1.54, 1.807) is 6.92 Å². The van der Waals surface area contributed by atoms with Crippen molar-refractivity contribution in [2.45, 2.75) is 69.9 Å². The van der Waals surface area contributed by atoms with Crippen LogP contribution in [0.25, 0.3) is 0 Å². The number of hydrogen-bond donors (Lipinski definition) is 1. The molecule has 0 amide bonds. The van der Waals surface area contributed by atoms with Gasteiger partial charge in [0.2, 0.25) is 0 Å². The zero-order valence-corrected chi connectivity index (χ0v) is 10.2. The molecular weight excluding hydrogens is 208 g/mol. The maximum Gasteiger partial charge on any atom is 0.306 e. The SMILES string of the molecule is C[C@@H](O)[C@]1(C)CC[C@H]([C@]2(C)CCC(=O)O2)O1. The van der Waals surface area contributed by atoms with Crippen LogP contribution in [0.2, 0.25) is 0 Å². The van der Waals surface area contributed by atoms with E-state index in [0.29, 0.717) is 12.8 Å². The third-order valence-corrected chi connectivity index (χ3v) is 4.05. The second kappa shape index (κ2) is 3.70. The molecule has 92 valence electrons. The fourth-order valence-corrected chi connectivity index (χ4v) is 2.54. The van der Waals surface area contributed by atoms with Crippen LogP contribution >= 0.6 is 0 Å². The first-order chi connectivity index (χ1) is 7.36. The van der Waals surface area contributed by atoms with Crippen LogP contribution in [0.15, 0.2) is 0 Å². The van der Waals surface area contributed by atoms with Crippen LogP contribution < -0.4 is 0 Å². The molecule has 0 aromatic rings. The predicted octanol–water partition coefficient (Wildman–Crippen LogP) is 1.40. The van der Waals surface area contributed by atoms with E-state index >= 15 is 0 Å². The van der Waals surface area contributed by atoms with Crippen LogP contribution in [0.4, 0.5) is 0 Å². The highest BCUT2D eigenvalue weighted by Gasteiger charge is 2.51. The zero-order valence-electron chi connectivity index (χ0n) is 10.2. The van der Waals surface area contributed by atoms with Gasteiger partial charge in [0.05, 0.1) is 17.8 Å². The maximum absolute atomic E-state index is 11.2. The number of esters is 1. The first-order valence-corrected chi connectivity index (χ1v) is 5.93. The minimum absolute atomic E-state index is 0.0847. The summed E-state index contributed by atoms with van der Waals surface area (Å²) >= 11 is 0. The van der Waals surface area contributed by atoms with Gasteiger partial charge in [-0.25, -0.2) is 0 Å². The number of aliphatic hydroxyl groups excluding tert-OH is 1. The number of carbonyl (C=O) groups excluding carboxylic acids is 1. The van der Waals surface area contributed by atoms with Crippen molar-refractivity contribution in [1.82, 2.24) is 0 Å². The minimum atomic E-state index is -0.502. The van der Waals surface area contributed by atoms with E-state index in [2.05, 4.69) is 0 Å². The Labute approximate surface area is 95.9 Å². The summed E-state index contributed by atoms with van der Waals surface area (Å²) in [5.74, 6) is -0.142. The van der Waals surface area contributed by atoms with Gasteiger partial charge in [0.1, 0.15) is 5.60 Å². The Kier molecular flexibility index (Phi) is 2.75. The van der Waals surface area contributed by atoms with Gasteiger partial charge in [-0.3, -0.25) is 4.79 Å². The van der Waals surface area contributed by atoms with Crippen molar-refractivity contribution in [3.05, 3.63) is 0 Å². The summed E-state index contributed by atoms with van der Waals surface area (Å²) < 4.78 is 11.3. The quantitative estimate of drug-likeness (QED) is 0.726. The molecule has 4 nitrogen and oxygen atoms in total. The predicted molar refractivity (Wildman–Crippen MR) is 57.9 cm³/mol. The van der Waals surface area contributed by atoms with E-state index in [1.807, 2.05) is 13.8 Å². The first kappa shape index (κ1) is 11.9. The molecule has 0 bridgehead atoms. The van der Waals surface area contributed by atoms with Gasteiger partial charge in [0, 0.05) is 6.42 Å². The van der Waals surface area contributed by atoms with E-state index in [9.17, 15) is 9.90 Å². The number of ether oxygens (including phenoxy) is 2. The van der Waals surface area contributed by atoms with Crippen LogP contribution in [0.5, 0.6) is 0 Å². The summed E-state index contributed by atoms with van der Waals surface area (Å²) in [4.78, 5) is 11.2. The summed E-state index contributed by atoms with van der Waals surface area (Å²) in [6, 6.07) is 0. The molecule has 2 heterocycles. The van der Waals surface area contributed by atoms with Gasteiger partial charge in [0.15, 0.2) is 0 Å². The molecule has 0 aromatic carbocycles. The lowest BCUT2D eigenvalue weighted by Crippen LogP contribution is -2.43. The molecule has 2 rings (SSSR count). The third-order valence-electron chi connectivity index (χ3n) is 4.05. The van der Waals surface area contributed by atoms with Crippen molar-refractivity contribution in [2.75, 3.05) is 0 Å². The van der Waals surface area contributed by atoms with Crippen LogP contribution in [-0.2, 0) is 14.3 Å². The molecule has 0 aromatic heterocycles. The molecule has 0 radical (unpaired) electrons. The van der Waals surface area contributed by atoms with E-state index in [1.165, 1.54) is 0 Å². The molecule has 2 aliphatic rings. The molecular formula is C12H20O4. The number of carbonyl (C=O) groups is 1. The van der Waals surface area contributed by atoms with Crippen molar-refractivity contribution >= 4 is 5.97 Å². The van der Waals surface area contributed by atoms with Gasteiger partial charge in [-0.05, 0) is 40.0 Å². The van der Waals surface area contributed by atoms with Crippen LogP contribution in [0.1, 0.15) is 46.5 Å². The lowest BCUT2D eigenvalue weighted by atomic mass is 9.91. The van der Waals surface area contributed by atoms with Crippen molar-refractivity contribution in [2.24, 2.45) is 0 Å². The van der Waals surface area contributed by atoms with Crippen LogP contribution in [0.3, 0.4) is 0 Å². The van der Waals surface area contributed by atoms with E-state index < -0.39 is 17.3 Å². The van der Waals surface area contributed by atoms with Gasteiger partial charge >= 0.3 is 5.97 Å². The Hall–Kier alpha value is -0.610. The summed E-state index contributed by atoms with van der Waals surface area (Å²) in [5.41, 5.74) is -0.994. The molecule has 2 aliphatic heterocycles. The fourth-order valence-electron chi connectivity index (χ4n) is 2.54. The Morgan fingerprint density at radius 1 is 1.44 bits per heavy atom. The maximum atomic E-state index is 11.2. The zero-order chi connectivity index (χ0) is 12.0. The van der Waals surface area contributed by atoms with Gasteiger partial charge in [0.25, 0.3) is 0 Å². The van der Waals surface area contributed by atoms with Gasteiger partial charge in [-0.2, -0.15) is 0 Å². The highest BCUT2D eigenvalue weighted by Crippen LogP contribution is 2.42. The van der Waals surface area contributed by atoms with Crippen LogP contribution in [0, 0.1) is 0 Å². The molecule has 4 atom stereocenters. The molecule has 16 heavy (non-hydrogen) atoms. The van der Waals surface area contributed by atoms with E-state index in [4.69, 9.17) is 9.47 Å². The topological polar surface area (TPSA) is 55.8 Å². The largest absolute Gasteiger partial charge is 0.457 e. The Balaban J connectivity index is 2.06. The molecule has 2 saturated heterocycles. The summed E-state index contributed by atoms with van der Waals surface area (Å²) in [5, 5.41) is 9.68. The summed E-state index contributed by atoms with van der Waals surface area (Å²) in [7, 11) is 0. The standard InChI is InChI=1S/C12H20O4/c1-8(13)11(2)6-4-9(15-11)12(3)7-5-10(14)16-12/h8-9,13H,4-7H2,1-3H3/t8-,9-,11+,12+/m1/s1. The number of hydrogen-bond acceptors (Lipinski definition) is 4. The van der Waals surface area contributed by atoms with Crippen molar-refractivity contribution in [3.63, 3.8) is 0 Å². The van der Waals surface area contributed by atoms with Crippen molar-refractivity contribution in [1.29, 1.82) is 0 Å². The highest BCUT2D eigenvalue weighted by molar-refractivity contribution is 5.72. The number of cyclic esters (lactones) is 1. The van der Waals surface area contributed by atoms with Crippen LogP contribution in [-0.4, -0.2) is 34.5 Å². The normalized spacial score (nSPS) is 45.8. The highest BCUT2D eigenvalue weighted by atomic mass is 16.6. The molecule has 0 spiro atoms. The number of rotatable bonds is 2. The smallest absolute Gasteiger partial charge is 0.306 e. The molecule has 1 N–H and O–H groups in total. The molecule has 4 heteroatoms. The molecule has 2 fully saturated rings. The second-order valence-electron chi connectivity index (χ2n) is 5.42.